The lowest BCUT2D eigenvalue weighted by atomic mass is 9.68. The summed E-state index contributed by atoms with van der Waals surface area (Å²) in [5.41, 5.74) is 5.80. The molecule has 3 N–H and O–H groups in total. The number of nitrogens with one attached hydrogen (secondary N) is 3. The molecular formula is C31H35N3O4. The Bertz CT molecular complexity index is 1480. The van der Waals surface area contributed by atoms with Gasteiger partial charge >= 0.3 is 0 Å². The van der Waals surface area contributed by atoms with Crippen molar-refractivity contribution in [2.75, 3.05) is 20.8 Å². The maximum Gasteiger partial charge on any atom is 0.249 e. The van der Waals surface area contributed by atoms with Gasteiger partial charge in [0, 0.05) is 58.5 Å². The quantitative estimate of drug-likeness (QED) is 0.407. The van der Waals surface area contributed by atoms with Crippen LogP contribution >= 0.6 is 0 Å². The van der Waals surface area contributed by atoms with Crippen LogP contribution in [0, 0.1) is 5.41 Å². The van der Waals surface area contributed by atoms with Gasteiger partial charge in [0.15, 0.2) is 17.3 Å². The number of aromatic amines is 1. The van der Waals surface area contributed by atoms with Gasteiger partial charge in [-0.25, -0.2) is 0 Å². The van der Waals surface area contributed by atoms with Crippen molar-refractivity contribution < 1.29 is 19.1 Å². The van der Waals surface area contributed by atoms with Gasteiger partial charge in [0.2, 0.25) is 5.91 Å². The minimum absolute atomic E-state index is 0.0696. The van der Waals surface area contributed by atoms with Crippen LogP contribution in [0.15, 0.2) is 71.2 Å². The monoisotopic (exact) mass is 513 g/mol. The molecular weight excluding hydrogens is 478 g/mol. The minimum atomic E-state index is -0.497. The summed E-state index contributed by atoms with van der Waals surface area (Å²) in [6.45, 7) is 6.60. The lowest BCUT2D eigenvalue weighted by Gasteiger charge is -2.39. The fraction of sp³-hybridized carbons (Fsp3) is 0.355. The fourth-order valence-corrected chi connectivity index (χ4v) is 5.85. The molecule has 1 atom stereocenters. The average molecular weight is 514 g/mol. The molecule has 0 radical (unpaired) electrons. The van der Waals surface area contributed by atoms with Crippen LogP contribution in [0.3, 0.4) is 0 Å². The van der Waals surface area contributed by atoms with Crippen molar-refractivity contribution >= 4 is 22.6 Å². The number of carbonyl (C=O) groups excluding carboxylic acids is 2. The molecule has 0 fully saturated rings. The van der Waals surface area contributed by atoms with Gasteiger partial charge in [-0.05, 0) is 54.5 Å². The number of fused-ring (bicyclic) bond motifs is 1. The number of carbonyl (C=O) groups is 2. The van der Waals surface area contributed by atoms with E-state index in [0.717, 1.165) is 39.8 Å². The van der Waals surface area contributed by atoms with Gasteiger partial charge in [-0.1, -0.05) is 38.1 Å². The van der Waals surface area contributed by atoms with E-state index in [-0.39, 0.29) is 17.1 Å². The first-order valence-corrected chi connectivity index (χ1v) is 13.0. The van der Waals surface area contributed by atoms with Gasteiger partial charge < -0.3 is 25.1 Å². The number of allylic oxidation sites excluding steroid dienone is 3. The van der Waals surface area contributed by atoms with Crippen molar-refractivity contribution in [2.45, 2.75) is 46.0 Å². The molecule has 0 bridgehead atoms. The van der Waals surface area contributed by atoms with Crippen LogP contribution in [0.4, 0.5) is 0 Å². The highest BCUT2D eigenvalue weighted by Gasteiger charge is 2.42. The molecule has 198 valence electrons. The normalized spacial score (nSPS) is 18.8. The molecule has 2 heterocycles. The second-order valence-electron chi connectivity index (χ2n) is 10.9. The average Bonchev–Trinajstić information content (AvgIpc) is 3.29. The van der Waals surface area contributed by atoms with Crippen molar-refractivity contribution in [1.29, 1.82) is 0 Å². The predicted molar refractivity (Wildman–Crippen MR) is 148 cm³/mol. The van der Waals surface area contributed by atoms with Crippen molar-refractivity contribution in [2.24, 2.45) is 5.41 Å². The molecule has 5 rings (SSSR count). The SMILES string of the molecule is COc1ccc(C2C(C(=O)NCCc3c[nH]c4ccccc34)=C(C)NC3=C2C(=O)CC(C)(C)C3)cc1OC. The molecule has 1 amide bonds. The number of ether oxygens (including phenoxy) is 2. The highest BCUT2D eigenvalue weighted by molar-refractivity contribution is 6.05. The summed E-state index contributed by atoms with van der Waals surface area (Å²) in [5.74, 6) is 0.550. The third-order valence-corrected chi connectivity index (χ3v) is 7.58. The largest absolute Gasteiger partial charge is 0.493 e. The number of hydrogen-bond donors (Lipinski definition) is 3. The highest BCUT2D eigenvalue weighted by Crippen LogP contribution is 2.47. The zero-order chi connectivity index (χ0) is 27.0. The first-order chi connectivity index (χ1) is 18.2. The number of ketones is 1. The van der Waals surface area contributed by atoms with Crippen LogP contribution in [0.5, 0.6) is 11.5 Å². The zero-order valence-corrected chi connectivity index (χ0v) is 22.7. The second kappa shape index (κ2) is 10.0. The number of amides is 1. The lowest BCUT2D eigenvalue weighted by Crippen LogP contribution is -2.41. The van der Waals surface area contributed by atoms with Crippen LogP contribution in [-0.4, -0.2) is 37.4 Å². The number of hydrogen-bond acceptors (Lipinski definition) is 5. The topological polar surface area (TPSA) is 92.5 Å². The number of benzene rings is 2. The molecule has 1 aliphatic heterocycles. The van der Waals surface area contributed by atoms with Gasteiger partial charge in [0.25, 0.3) is 0 Å². The summed E-state index contributed by atoms with van der Waals surface area (Å²) in [6, 6.07) is 13.8. The summed E-state index contributed by atoms with van der Waals surface area (Å²) in [5, 5.41) is 7.71. The van der Waals surface area contributed by atoms with Crippen LogP contribution in [0.25, 0.3) is 10.9 Å². The molecule has 7 nitrogen and oxygen atoms in total. The van der Waals surface area contributed by atoms with Gasteiger partial charge in [0.1, 0.15) is 0 Å². The van der Waals surface area contributed by atoms with Crippen molar-refractivity contribution in [3.8, 4) is 11.5 Å². The molecule has 0 saturated carbocycles. The van der Waals surface area contributed by atoms with E-state index in [0.29, 0.717) is 42.0 Å². The predicted octanol–water partition coefficient (Wildman–Crippen LogP) is 5.15. The van der Waals surface area contributed by atoms with Crippen LogP contribution < -0.4 is 20.1 Å². The molecule has 1 aromatic heterocycles. The Balaban J connectivity index is 1.48. The summed E-state index contributed by atoms with van der Waals surface area (Å²) in [6.07, 6.45) is 3.86. The molecule has 7 heteroatoms. The third kappa shape index (κ3) is 4.69. The van der Waals surface area contributed by atoms with E-state index >= 15 is 0 Å². The molecule has 38 heavy (non-hydrogen) atoms. The molecule has 0 spiro atoms. The van der Waals surface area contributed by atoms with Crippen molar-refractivity contribution in [1.82, 2.24) is 15.6 Å². The maximum atomic E-state index is 13.8. The summed E-state index contributed by atoms with van der Waals surface area (Å²) in [4.78, 5) is 30.6. The van der Waals surface area contributed by atoms with E-state index in [2.05, 4.69) is 35.5 Å². The van der Waals surface area contributed by atoms with Gasteiger partial charge in [-0.3, -0.25) is 9.59 Å². The van der Waals surface area contributed by atoms with Crippen molar-refractivity contribution in [3.63, 3.8) is 0 Å². The van der Waals surface area contributed by atoms with E-state index in [1.807, 2.05) is 49.5 Å². The number of dihydropyridines is 1. The third-order valence-electron chi connectivity index (χ3n) is 7.58. The Morgan fingerprint density at radius 2 is 1.84 bits per heavy atom. The first-order valence-electron chi connectivity index (χ1n) is 13.0. The van der Waals surface area contributed by atoms with E-state index in [1.165, 1.54) is 0 Å². The fourth-order valence-electron chi connectivity index (χ4n) is 5.85. The van der Waals surface area contributed by atoms with Crippen molar-refractivity contribution in [3.05, 3.63) is 82.3 Å². The molecule has 2 aromatic carbocycles. The van der Waals surface area contributed by atoms with E-state index in [1.54, 1.807) is 14.2 Å². The number of methoxy groups -OCH3 is 2. The molecule has 2 aliphatic rings. The molecule has 1 aliphatic carbocycles. The number of para-hydroxylation sites is 1. The summed E-state index contributed by atoms with van der Waals surface area (Å²) >= 11 is 0. The van der Waals surface area contributed by atoms with Gasteiger partial charge in [-0.15, -0.1) is 0 Å². The number of rotatable bonds is 7. The summed E-state index contributed by atoms with van der Waals surface area (Å²) in [7, 11) is 3.18. The number of H-pyrrole nitrogens is 1. The Morgan fingerprint density at radius 1 is 1.08 bits per heavy atom. The van der Waals surface area contributed by atoms with E-state index in [9.17, 15) is 9.59 Å². The Morgan fingerprint density at radius 3 is 2.61 bits per heavy atom. The standard InChI is InChI=1S/C31H35N3O4/c1-18-27(30(36)32-13-12-20-17-33-22-9-7-6-8-21(20)22)28(19-10-11-25(37-4)26(14-19)38-5)29-23(34-18)15-31(2,3)16-24(29)35/h6-11,14,17,28,33-34H,12-13,15-16H2,1-5H3,(H,32,36). The Labute approximate surface area is 223 Å². The first kappa shape index (κ1) is 25.6. The molecule has 1 unspecified atom stereocenters. The highest BCUT2D eigenvalue weighted by atomic mass is 16.5. The van der Waals surface area contributed by atoms with Gasteiger partial charge in [0.05, 0.1) is 14.2 Å². The maximum absolute atomic E-state index is 13.8. The Kier molecular flexibility index (Phi) is 6.78. The zero-order valence-electron chi connectivity index (χ0n) is 22.7. The summed E-state index contributed by atoms with van der Waals surface area (Å²) < 4.78 is 11.0. The van der Waals surface area contributed by atoms with E-state index < -0.39 is 5.92 Å². The van der Waals surface area contributed by atoms with Crippen LogP contribution in [0.1, 0.15) is 50.7 Å². The molecule has 0 saturated heterocycles. The number of aromatic nitrogens is 1. The smallest absolute Gasteiger partial charge is 0.249 e. The molecule has 3 aromatic rings. The Hall–Kier alpha value is -4.00. The van der Waals surface area contributed by atoms with Crippen LogP contribution in [0.2, 0.25) is 0 Å². The second-order valence-corrected chi connectivity index (χ2v) is 10.9. The van der Waals surface area contributed by atoms with Crippen LogP contribution in [-0.2, 0) is 16.0 Å². The minimum Gasteiger partial charge on any atom is -0.493 e. The lowest BCUT2D eigenvalue weighted by molar-refractivity contribution is -0.118. The van der Waals surface area contributed by atoms with Gasteiger partial charge in [-0.2, -0.15) is 0 Å². The number of Topliss-reactive ketones (excluding diaryl/α,β-unsaturated/α-hetero) is 1. The van der Waals surface area contributed by atoms with E-state index in [4.69, 9.17) is 9.47 Å².